The summed E-state index contributed by atoms with van der Waals surface area (Å²) in [7, 11) is 0. The first-order valence-electron chi connectivity index (χ1n) is 2.12. The van der Waals surface area contributed by atoms with Crippen LogP contribution in [0.4, 0.5) is 0 Å². The van der Waals surface area contributed by atoms with Crippen molar-refractivity contribution >= 4 is 18.7 Å². The van der Waals surface area contributed by atoms with Gasteiger partial charge in [-0.1, -0.05) is 0 Å². The summed E-state index contributed by atoms with van der Waals surface area (Å²) in [4.78, 5) is 0. The Morgan fingerprint density at radius 2 is 2.43 bits per heavy atom. The fraction of sp³-hybridized carbons (Fsp3) is 0.750. The lowest BCUT2D eigenvalue weighted by molar-refractivity contribution is 0.326. The van der Waals surface area contributed by atoms with Crippen LogP contribution in [-0.2, 0) is 4.74 Å². The van der Waals surface area contributed by atoms with E-state index in [0.717, 1.165) is 0 Å². The van der Waals surface area contributed by atoms with Gasteiger partial charge in [0.1, 0.15) is 0 Å². The standard InChI is InChI=1S/C4H9NOS/c1-3-6-4(2)5-7/h7H,3H2,1-2H3. The van der Waals surface area contributed by atoms with Gasteiger partial charge in [0.05, 0.1) is 6.61 Å². The summed E-state index contributed by atoms with van der Waals surface area (Å²) < 4.78 is 8.33. The molecule has 0 aromatic carbocycles. The van der Waals surface area contributed by atoms with Crippen LogP contribution in [0.3, 0.4) is 0 Å². The minimum absolute atomic E-state index is 0.617. The van der Waals surface area contributed by atoms with E-state index in [0.29, 0.717) is 12.5 Å². The fourth-order valence-corrected chi connectivity index (χ4v) is 0.295. The van der Waals surface area contributed by atoms with E-state index in [-0.39, 0.29) is 0 Å². The van der Waals surface area contributed by atoms with E-state index in [2.05, 4.69) is 17.2 Å². The molecule has 3 heteroatoms. The Kier molecular flexibility index (Phi) is 3.89. The molecule has 0 heterocycles. The average Bonchev–Trinajstić information content (AvgIpc) is 1.68. The molecule has 7 heavy (non-hydrogen) atoms. The average molecular weight is 119 g/mol. The van der Waals surface area contributed by atoms with Gasteiger partial charge in [-0.15, -0.1) is 0 Å². The van der Waals surface area contributed by atoms with Crippen LogP contribution in [0.15, 0.2) is 4.40 Å². The number of ether oxygens (including phenoxy) is 1. The van der Waals surface area contributed by atoms with Crippen molar-refractivity contribution in [1.82, 2.24) is 0 Å². The highest BCUT2D eigenvalue weighted by Crippen LogP contribution is 1.82. The predicted octanol–water partition coefficient (Wildman–Crippen LogP) is 1.29. The van der Waals surface area contributed by atoms with E-state index in [4.69, 9.17) is 4.74 Å². The molecule has 0 aliphatic carbocycles. The molecule has 0 unspecified atom stereocenters. The topological polar surface area (TPSA) is 21.6 Å². The molecule has 0 fully saturated rings. The Morgan fingerprint density at radius 1 is 1.86 bits per heavy atom. The molecule has 0 amide bonds. The summed E-state index contributed by atoms with van der Waals surface area (Å²) in [5, 5.41) is 0. The van der Waals surface area contributed by atoms with Gasteiger partial charge in [-0.05, 0) is 19.7 Å². The Balaban J connectivity index is 3.17. The molecule has 42 valence electrons. The van der Waals surface area contributed by atoms with Crippen LogP contribution in [0.5, 0.6) is 0 Å². The smallest absolute Gasteiger partial charge is 0.191 e. The zero-order valence-corrected chi connectivity index (χ0v) is 5.40. The van der Waals surface area contributed by atoms with Gasteiger partial charge in [0, 0.05) is 6.92 Å². The van der Waals surface area contributed by atoms with Gasteiger partial charge in [0.25, 0.3) is 0 Å². The van der Waals surface area contributed by atoms with Crippen molar-refractivity contribution in [3.8, 4) is 0 Å². The number of thiol groups is 1. The number of nitrogens with zero attached hydrogens (tertiary/aromatic N) is 1. The Bertz CT molecular complexity index is 72.1. The Labute approximate surface area is 49.1 Å². The van der Waals surface area contributed by atoms with Crippen LogP contribution in [0, 0.1) is 0 Å². The van der Waals surface area contributed by atoms with Gasteiger partial charge >= 0.3 is 0 Å². The summed E-state index contributed by atoms with van der Waals surface area (Å²) in [6.45, 7) is 4.33. The van der Waals surface area contributed by atoms with Crippen molar-refractivity contribution in [3.05, 3.63) is 0 Å². The van der Waals surface area contributed by atoms with Crippen LogP contribution in [0.25, 0.3) is 0 Å². The highest BCUT2D eigenvalue weighted by atomic mass is 32.1. The third-order valence-electron chi connectivity index (χ3n) is 0.494. The van der Waals surface area contributed by atoms with Crippen molar-refractivity contribution in [2.24, 2.45) is 4.40 Å². The lowest BCUT2D eigenvalue weighted by atomic mass is 10.7. The molecule has 0 saturated carbocycles. The van der Waals surface area contributed by atoms with Crippen LogP contribution in [-0.4, -0.2) is 12.5 Å². The normalized spacial score (nSPS) is 11.6. The van der Waals surface area contributed by atoms with Crippen molar-refractivity contribution in [1.29, 1.82) is 0 Å². The summed E-state index contributed by atoms with van der Waals surface area (Å²) in [5.74, 6) is 0.617. The first-order chi connectivity index (χ1) is 3.31. The van der Waals surface area contributed by atoms with E-state index in [1.54, 1.807) is 6.92 Å². The number of hydrogen-bond donors (Lipinski definition) is 1. The van der Waals surface area contributed by atoms with E-state index >= 15 is 0 Å². The lowest BCUT2D eigenvalue weighted by Gasteiger charge is -1.95. The maximum atomic E-state index is 4.86. The molecule has 0 atom stereocenters. The van der Waals surface area contributed by atoms with Gasteiger partial charge < -0.3 is 4.74 Å². The molecule has 0 aromatic heterocycles. The van der Waals surface area contributed by atoms with Crippen LogP contribution >= 0.6 is 12.8 Å². The van der Waals surface area contributed by atoms with Crippen LogP contribution < -0.4 is 0 Å². The lowest BCUT2D eigenvalue weighted by Crippen LogP contribution is -1.95. The van der Waals surface area contributed by atoms with Crippen LogP contribution in [0.2, 0.25) is 0 Å². The van der Waals surface area contributed by atoms with E-state index < -0.39 is 0 Å². The van der Waals surface area contributed by atoms with E-state index in [1.807, 2.05) is 6.92 Å². The first-order valence-corrected chi connectivity index (χ1v) is 2.52. The van der Waals surface area contributed by atoms with Crippen LogP contribution in [0.1, 0.15) is 13.8 Å². The fourth-order valence-electron chi connectivity index (χ4n) is 0.238. The molecule has 0 saturated heterocycles. The van der Waals surface area contributed by atoms with Crippen molar-refractivity contribution in [3.63, 3.8) is 0 Å². The second-order valence-corrected chi connectivity index (χ2v) is 1.25. The molecule has 0 aliphatic rings. The van der Waals surface area contributed by atoms with Crippen molar-refractivity contribution < 1.29 is 4.74 Å². The molecule has 0 bridgehead atoms. The van der Waals surface area contributed by atoms with Crippen molar-refractivity contribution in [2.45, 2.75) is 13.8 Å². The van der Waals surface area contributed by atoms with E-state index in [1.165, 1.54) is 0 Å². The summed E-state index contributed by atoms with van der Waals surface area (Å²) >= 11 is 3.61. The molecular formula is C4H9NOS. The third kappa shape index (κ3) is 3.66. The number of hydrogen-bond acceptors (Lipinski definition) is 3. The monoisotopic (exact) mass is 119 g/mol. The maximum Gasteiger partial charge on any atom is 0.191 e. The molecule has 0 rings (SSSR count). The highest BCUT2D eigenvalue weighted by Gasteiger charge is 1.80. The maximum absolute atomic E-state index is 4.86. The second-order valence-electron chi connectivity index (χ2n) is 1.05. The number of rotatable bonds is 1. The first kappa shape index (κ1) is 6.82. The SMILES string of the molecule is CCOC(C)=NS. The summed E-state index contributed by atoms with van der Waals surface area (Å²) in [6.07, 6.45) is 0. The molecule has 2 nitrogen and oxygen atoms in total. The molecule has 0 aromatic rings. The highest BCUT2D eigenvalue weighted by molar-refractivity contribution is 7.79. The van der Waals surface area contributed by atoms with E-state index in [9.17, 15) is 0 Å². The summed E-state index contributed by atoms with van der Waals surface area (Å²) in [6, 6.07) is 0. The summed E-state index contributed by atoms with van der Waals surface area (Å²) in [5.41, 5.74) is 0. The quantitative estimate of drug-likeness (QED) is 0.313. The molecule has 0 aliphatic heterocycles. The zero-order valence-electron chi connectivity index (χ0n) is 4.51. The van der Waals surface area contributed by atoms with Gasteiger partial charge in [-0.2, -0.15) is 4.40 Å². The second kappa shape index (κ2) is 3.99. The molecule has 0 N–H and O–H groups in total. The van der Waals surface area contributed by atoms with Gasteiger partial charge in [-0.3, -0.25) is 0 Å². The molecule has 0 spiro atoms. The predicted molar refractivity (Wildman–Crippen MR) is 33.7 cm³/mol. The molecule has 0 radical (unpaired) electrons. The third-order valence-corrected chi connectivity index (χ3v) is 0.776. The Hall–Kier alpha value is -0.180. The largest absolute Gasteiger partial charge is 0.481 e. The minimum atomic E-state index is 0.617. The van der Waals surface area contributed by atoms with Gasteiger partial charge in [0.2, 0.25) is 0 Å². The van der Waals surface area contributed by atoms with Gasteiger partial charge in [-0.25, -0.2) is 0 Å². The van der Waals surface area contributed by atoms with Crippen molar-refractivity contribution in [2.75, 3.05) is 6.61 Å². The minimum Gasteiger partial charge on any atom is -0.481 e. The molecular weight excluding hydrogens is 110 g/mol. The zero-order chi connectivity index (χ0) is 5.70. The van der Waals surface area contributed by atoms with Gasteiger partial charge in [0.15, 0.2) is 5.90 Å². The Morgan fingerprint density at radius 3 is 2.57 bits per heavy atom.